The van der Waals surface area contributed by atoms with Gasteiger partial charge >= 0.3 is 0 Å². The molecule has 0 saturated carbocycles. The van der Waals surface area contributed by atoms with E-state index in [0.29, 0.717) is 6.54 Å². The number of nitrogens with one attached hydrogen (secondary N) is 1. The number of aryl methyl sites for hydroxylation is 2. The largest absolute Gasteiger partial charge is 0.386 e. The smallest absolute Gasteiger partial charge is 0.246 e. The number of hydrogen-bond acceptors (Lipinski definition) is 6. The molecule has 2 N–H and O–H groups in total. The Morgan fingerprint density at radius 3 is 2.62 bits per heavy atom. The third-order valence-corrected chi connectivity index (χ3v) is 6.29. The van der Waals surface area contributed by atoms with Gasteiger partial charge in [-0.1, -0.05) is 38.1 Å². The molecule has 3 aromatic rings. The van der Waals surface area contributed by atoms with Gasteiger partial charge in [0, 0.05) is 23.5 Å². The van der Waals surface area contributed by atoms with Crippen molar-refractivity contribution < 1.29 is 9.90 Å². The lowest BCUT2D eigenvalue weighted by Gasteiger charge is -2.23. The fourth-order valence-corrected chi connectivity index (χ4v) is 4.56. The van der Waals surface area contributed by atoms with Crippen molar-refractivity contribution in [1.82, 2.24) is 9.36 Å². The van der Waals surface area contributed by atoms with E-state index < -0.39 is 5.60 Å². The van der Waals surface area contributed by atoms with Crippen LogP contribution >= 0.6 is 11.5 Å². The Bertz CT molecular complexity index is 1100. The van der Waals surface area contributed by atoms with E-state index in [1.54, 1.807) is 13.8 Å². The van der Waals surface area contributed by atoms with Crippen LogP contribution in [0.15, 0.2) is 36.4 Å². The van der Waals surface area contributed by atoms with Crippen molar-refractivity contribution in [1.29, 1.82) is 0 Å². The van der Waals surface area contributed by atoms with Crippen molar-refractivity contribution in [2.45, 2.75) is 53.6 Å². The van der Waals surface area contributed by atoms with Crippen LogP contribution in [0.3, 0.4) is 0 Å². The average Bonchev–Trinajstić information content (AvgIpc) is 3.40. The first kappa shape index (κ1) is 23.9. The standard InChI is InChI=1S/C23H26N4O2S.C2H6/c1-14-8-9-16(22-25-15(2)26-30-22)12-19(14)24-13-21(28)27-11-10-17-18(23(3,4)29)6-5-7-20(17)27;1-2/h5-9,12,24,29H,10-11,13H2,1-4H3;1-2H3. The number of amides is 1. The number of carbonyl (C=O) groups is 1. The summed E-state index contributed by atoms with van der Waals surface area (Å²) in [6.45, 7) is 12.3. The molecule has 0 fully saturated rings. The third kappa shape index (κ3) is 5.00. The SMILES string of the molecule is CC.Cc1nsc(-c2ccc(C)c(NCC(=O)N3CCc4c3cccc4C(C)(C)O)c2)n1. The van der Waals surface area contributed by atoms with Gasteiger partial charge in [-0.05, 0) is 74.5 Å². The second kappa shape index (κ2) is 9.79. The van der Waals surface area contributed by atoms with Crippen molar-refractivity contribution in [3.8, 4) is 10.6 Å². The number of carbonyl (C=O) groups excluding carboxylic acids is 1. The first-order chi connectivity index (χ1) is 15.2. The maximum Gasteiger partial charge on any atom is 0.246 e. The first-order valence-electron chi connectivity index (χ1n) is 11.0. The summed E-state index contributed by atoms with van der Waals surface area (Å²) >= 11 is 1.37. The number of benzene rings is 2. The molecule has 2 heterocycles. The van der Waals surface area contributed by atoms with E-state index in [0.717, 1.165) is 50.9 Å². The second-order valence-electron chi connectivity index (χ2n) is 8.19. The molecule has 1 aliphatic rings. The van der Waals surface area contributed by atoms with Crippen molar-refractivity contribution >= 4 is 28.8 Å². The van der Waals surface area contributed by atoms with Gasteiger partial charge in [-0.15, -0.1) is 0 Å². The highest BCUT2D eigenvalue weighted by Crippen LogP contribution is 2.36. The Labute approximate surface area is 194 Å². The zero-order chi connectivity index (χ0) is 23.5. The average molecular weight is 453 g/mol. The topological polar surface area (TPSA) is 78.4 Å². The Balaban J connectivity index is 0.00000141. The summed E-state index contributed by atoms with van der Waals surface area (Å²) in [5, 5.41) is 14.6. The van der Waals surface area contributed by atoms with E-state index in [-0.39, 0.29) is 12.5 Å². The van der Waals surface area contributed by atoms with Crippen LogP contribution < -0.4 is 10.2 Å². The molecule has 0 unspecified atom stereocenters. The molecular formula is C25H32N4O2S. The third-order valence-electron chi connectivity index (χ3n) is 5.43. The van der Waals surface area contributed by atoms with Crippen LogP contribution in [0.4, 0.5) is 11.4 Å². The van der Waals surface area contributed by atoms with Gasteiger partial charge in [0.05, 0.1) is 12.1 Å². The predicted octanol–water partition coefficient (Wildman–Crippen LogP) is 5.08. The van der Waals surface area contributed by atoms with Crippen molar-refractivity contribution in [3.63, 3.8) is 0 Å². The van der Waals surface area contributed by atoms with Crippen LogP contribution in [0.2, 0.25) is 0 Å². The lowest BCUT2D eigenvalue weighted by atomic mass is 9.92. The molecular weight excluding hydrogens is 420 g/mol. The van der Waals surface area contributed by atoms with E-state index in [1.165, 1.54) is 11.5 Å². The number of fused-ring (bicyclic) bond motifs is 1. The van der Waals surface area contributed by atoms with Gasteiger partial charge in [0.25, 0.3) is 0 Å². The molecule has 0 atom stereocenters. The van der Waals surface area contributed by atoms with Crippen LogP contribution in [-0.2, 0) is 16.8 Å². The quantitative estimate of drug-likeness (QED) is 0.565. The summed E-state index contributed by atoms with van der Waals surface area (Å²) in [7, 11) is 0. The van der Waals surface area contributed by atoms with E-state index in [9.17, 15) is 9.90 Å². The van der Waals surface area contributed by atoms with Crippen molar-refractivity contribution in [2.75, 3.05) is 23.3 Å². The van der Waals surface area contributed by atoms with Crippen LogP contribution in [0.25, 0.3) is 10.6 Å². The lowest BCUT2D eigenvalue weighted by molar-refractivity contribution is -0.116. The van der Waals surface area contributed by atoms with Gasteiger partial charge in [0.1, 0.15) is 10.8 Å². The summed E-state index contributed by atoms with van der Waals surface area (Å²) in [5.74, 6) is 0.775. The van der Waals surface area contributed by atoms with Gasteiger partial charge in [-0.25, -0.2) is 4.98 Å². The first-order valence-corrected chi connectivity index (χ1v) is 11.8. The van der Waals surface area contributed by atoms with E-state index in [1.807, 2.05) is 69.0 Å². The van der Waals surface area contributed by atoms with Crippen molar-refractivity contribution in [2.24, 2.45) is 0 Å². The fourth-order valence-electron chi connectivity index (χ4n) is 3.89. The maximum atomic E-state index is 13.0. The number of nitrogens with zero attached hydrogens (tertiary/aromatic N) is 3. The molecule has 0 spiro atoms. The predicted molar refractivity (Wildman–Crippen MR) is 132 cm³/mol. The molecule has 1 aromatic heterocycles. The molecule has 170 valence electrons. The van der Waals surface area contributed by atoms with Gasteiger partial charge in [-0.3, -0.25) is 4.79 Å². The summed E-state index contributed by atoms with van der Waals surface area (Å²) in [5.41, 5.74) is 4.89. The maximum absolute atomic E-state index is 13.0. The monoisotopic (exact) mass is 452 g/mol. The summed E-state index contributed by atoms with van der Waals surface area (Å²) in [6, 6.07) is 11.9. The summed E-state index contributed by atoms with van der Waals surface area (Å²) in [6.07, 6.45) is 0.756. The van der Waals surface area contributed by atoms with Gasteiger partial charge in [0.15, 0.2) is 0 Å². The van der Waals surface area contributed by atoms with E-state index >= 15 is 0 Å². The van der Waals surface area contributed by atoms with Crippen LogP contribution in [-0.4, -0.2) is 33.5 Å². The molecule has 2 aromatic carbocycles. The molecule has 0 bridgehead atoms. The Kier molecular flexibility index (Phi) is 7.31. The number of aromatic nitrogens is 2. The van der Waals surface area contributed by atoms with Crippen LogP contribution in [0, 0.1) is 13.8 Å². The van der Waals surface area contributed by atoms with Crippen LogP contribution in [0.1, 0.15) is 50.2 Å². The molecule has 7 heteroatoms. The number of aliphatic hydroxyl groups is 1. The molecule has 0 aliphatic carbocycles. The van der Waals surface area contributed by atoms with Crippen molar-refractivity contribution in [3.05, 3.63) is 58.9 Å². The minimum absolute atomic E-state index is 0.0122. The van der Waals surface area contributed by atoms with Gasteiger partial charge in [0.2, 0.25) is 5.91 Å². The number of rotatable bonds is 5. The zero-order valence-electron chi connectivity index (χ0n) is 19.7. The molecule has 6 nitrogen and oxygen atoms in total. The Morgan fingerprint density at radius 2 is 1.97 bits per heavy atom. The molecule has 1 aliphatic heterocycles. The fraction of sp³-hybridized carbons (Fsp3) is 0.400. The van der Waals surface area contributed by atoms with Crippen LogP contribution in [0.5, 0.6) is 0 Å². The Morgan fingerprint density at radius 1 is 1.22 bits per heavy atom. The second-order valence-corrected chi connectivity index (χ2v) is 8.94. The van der Waals surface area contributed by atoms with Gasteiger partial charge < -0.3 is 15.3 Å². The molecule has 32 heavy (non-hydrogen) atoms. The molecule has 4 rings (SSSR count). The van der Waals surface area contributed by atoms with E-state index in [2.05, 4.69) is 14.7 Å². The number of anilines is 2. The molecule has 1 amide bonds. The van der Waals surface area contributed by atoms with E-state index in [4.69, 9.17) is 0 Å². The normalized spacial score (nSPS) is 12.8. The highest BCUT2D eigenvalue weighted by molar-refractivity contribution is 7.09. The summed E-state index contributed by atoms with van der Waals surface area (Å²) < 4.78 is 4.25. The highest BCUT2D eigenvalue weighted by atomic mass is 32.1. The molecule has 0 saturated heterocycles. The van der Waals surface area contributed by atoms with Gasteiger partial charge in [-0.2, -0.15) is 4.37 Å². The highest BCUT2D eigenvalue weighted by Gasteiger charge is 2.30. The number of hydrogen-bond donors (Lipinski definition) is 2. The Hall–Kier alpha value is -2.77. The lowest BCUT2D eigenvalue weighted by Crippen LogP contribution is -2.34. The molecule has 0 radical (unpaired) electrons. The minimum atomic E-state index is -0.927. The zero-order valence-corrected chi connectivity index (χ0v) is 20.5. The summed E-state index contributed by atoms with van der Waals surface area (Å²) in [4.78, 5) is 19.2. The minimum Gasteiger partial charge on any atom is -0.386 e.